The molecule has 12 heavy (non-hydrogen) atoms. The number of ether oxygens (including phenoxy) is 1. The molecule has 0 radical (unpaired) electrons. The zero-order valence-electron chi connectivity index (χ0n) is 8.18. The molecule has 0 aromatic heterocycles. The summed E-state index contributed by atoms with van der Waals surface area (Å²) in [5.41, 5.74) is 0.599. The van der Waals surface area contributed by atoms with Gasteiger partial charge >= 0.3 is 0 Å². The smallest absolute Gasteiger partial charge is 0.0569 e. The standard InChI is InChI=1S/C10H19NO/c1-3-4-9(2)11-5-10(6-11)7-12-8-10/h9H,3-8H2,1-2H3. The molecule has 2 heterocycles. The Balaban J connectivity index is 1.73. The lowest BCUT2D eigenvalue weighted by Crippen LogP contribution is -2.67. The van der Waals surface area contributed by atoms with Crippen LogP contribution >= 0.6 is 0 Å². The van der Waals surface area contributed by atoms with E-state index in [1.54, 1.807) is 0 Å². The maximum absolute atomic E-state index is 5.24. The van der Waals surface area contributed by atoms with Crippen molar-refractivity contribution in [2.45, 2.75) is 32.7 Å². The van der Waals surface area contributed by atoms with E-state index >= 15 is 0 Å². The first-order valence-electron chi connectivity index (χ1n) is 5.07. The van der Waals surface area contributed by atoms with Crippen LogP contribution in [0.4, 0.5) is 0 Å². The van der Waals surface area contributed by atoms with Gasteiger partial charge < -0.3 is 4.74 Å². The molecule has 2 saturated heterocycles. The van der Waals surface area contributed by atoms with Gasteiger partial charge in [-0.1, -0.05) is 13.3 Å². The molecule has 2 aliphatic rings. The van der Waals surface area contributed by atoms with Gasteiger partial charge in [-0.2, -0.15) is 0 Å². The van der Waals surface area contributed by atoms with E-state index in [-0.39, 0.29) is 0 Å². The molecule has 2 aliphatic heterocycles. The van der Waals surface area contributed by atoms with Crippen molar-refractivity contribution >= 4 is 0 Å². The van der Waals surface area contributed by atoms with Crippen molar-refractivity contribution in [2.75, 3.05) is 26.3 Å². The molecule has 2 fully saturated rings. The Labute approximate surface area is 74.9 Å². The molecule has 0 saturated carbocycles. The van der Waals surface area contributed by atoms with Gasteiger partial charge in [0.1, 0.15) is 0 Å². The summed E-state index contributed by atoms with van der Waals surface area (Å²) in [5.74, 6) is 0. The van der Waals surface area contributed by atoms with Gasteiger partial charge in [0, 0.05) is 24.5 Å². The fraction of sp³-hybridized carbons (Fsp3) is 1.00. The second-order valence-electron chi connectivity index (χ2n) is 4.54. The largest absolute Gasteiger partial charge is 0.380 e. The van der Waals surface area contributed by atoms with E-state index in [2.05, 4.69) is 18.7 Å². The Morgan fingerprint density at radius 3 is 2.50 bits per heavy atom. The van der Waals surface area contributed by atoms with Crippen molar-refractivity contribution in [3.8, 4) is 0 Å². The summed E-state index contributed by atoms with van der Waals surface area (Å²) in [6, 6.07) is 0.793. The molecular formula is C10H19NO. The third kappa shape index (κ3) is 1.27. The Morgan fingerprint density at radius 2 is 2.08 bits per heavy atom. The van der Waals surface area contributed by atoms with E-state index in [9.17, 15) is 0 Å². The SMILES string of the molecule is CCCC(C)N1CC2(COC2)C1. The minimum absolute atomic E-state index is 0.599. The third-order valence-corrected chi connectivity index (χ3v) is 3.22. The average Bonchev–Trinajstić information content (AvgIpc) is 1.81. The van der Waals surface area contributed by atoms with Crippen LogP contribution in [0.15, 0.2) is 0 Å². The highest BCUT2D eigenvalue weighted by molar-refractivity contribution is 5.00. The van der Waals surface area contributed by atoms with Crippen molar-refractivity contribution in [3.05, 3.63) is 0 Å². The molecule has 1 spiro atoms. The molecule has 1 unspecified atom stereocenters. The molecule has 1 atom stereocenters. The lowest BCUT2D eigenvalue weighted by molar-refractivity contribution is -0.197. The molecule has 2 nitrogen and oxygen atoms in total. The van der Waals surface area contributed by atoms with Crippen molar-refractivity contribution in [2.24, 2.45) is 5.41 Å². The van der Waals surface area contributed by atoms with Crippen LogP contribution in [0.3, 0.4) is 0 Å². The molecule has 70 valence electrons. The first-order chi connectivity index (χ1) is 5.76. The molecular weight excluding hydrogens is 150 g/mol. The number of likely N-dealkylation sites (tertiary alicyclic amines) is 1. The van der Waals surface area contributed by atoms with E-state index in [1.807, 2.05) is 0 Å². The minimum Gasteiger partial charge on any atom is -0.380 e. The Morgan fingerprint density at radius 1 is 1.42 bits per heavy atom. The summed E-state index contributed by atoms with van der Waals surface area (Å²) >= 11 is 0. The van der Waals surface area contributed by atoms with Gasteiger partial charge in [-0.05, 0) is 13.3 Å². The minimum atomic E-state index is 0.599. The quantitative estimate of drug-likeness (QED) is 0.635. The van der Waals surface area contributed by atoms with E-state index in [1.165, 1.54) is 25.9 Å². The van der Waals surface area contributed by atoms with Crippen LogP contribution in [-0.2, 0) is 4.74 Å². The fourth-order valence-corrected chi connectivity index (χ4v) is 2.30. The zero-order chi connectivity index (χ0) is 8.60. The molecule has 0 N–H and O–H groups in total. The zero-order valence-corrected chi connectivity index (χ0v) is 8.18. The van der Waals surface area contributed by atoms with Crippen molar-refractivity contribution < 1.29 is 4.74 Å². The van der Waals surface area contributed by atoms with Gasteiger partial charge in [-0.25, -0.2) is 0 Å². The Kier molecular flexibility index (Phi) is 2.13. The first kappa shape index (κ1) is 8.52. The van der Waals surface area contributed by atoms with E-state index in [4.69, 9.17) is 4.74 Å². The fourth-order valence-electron chi connectivity index (χ4n) is 2.30. The Bertz CT molecular complexity index is 157. The second kappa shape index (κ2) is 3.00. The summed E-state index contributed by atoms with van der Waals surface area (Å²) in [4.78, 5) is 2.59. The number of rotatable bonds is 3. The van der Waals surface area contributed by atoms with Crippen molar-refractivity contribution in [1.29, 1.82) is 0 Å². The van der Waals surface area contributed by atoms with E-state index in [0.29, 0.717) is 5.41 Å². The van der Waals surface area contributed by atoms with Crippen molar-refractivity contribution in [1.82, 2.24) is 4.90 Å². The second-order valence-corrected chi connectivity index (χ2v) is 4.54. The van der Waals surface area contributed by atoms with E-state index in [0.717, 1.165) is 19.3 Å². The van der Waals surface area contributed by atoms with Crippen LogP contribution in [-0.4, -0.2) is 37.2 Å². The average molecular weight is 169 g/mol. The van der Waals surface area contributed by atoms with Crippen molar-refractivity contribution in [3.63, 3.8) is 0 Å². The normalized spacial score (nSPS) is 29.5. The molecule has 0 amide bonds. The lowest BCUT2D eigenvalue weighted by Gasteiger charge is -2.57. The summed E-state index contributed by atoms with van der Waals surface area (Å²) in [7, 11) is 0. The number of hydrogen-bond acceptors (Lipinski definition) is 2. The molecule has 0 aliphatic carbocycles. The van der Waals surface area contributed by atoms with Crippen LogP contribution < -0.4 is 0 Å². The maximum atomic E-state index is 5.24. The lowest BCUT2D eigenvalue weighted by atomic mass is 9.77. The van der Waals surface area contributed by atoms with Crippen LogP contribution in [0.2, 0.25) is 0 Å². The molecule has 0 bridgehead atoms. The first-order valence-corrected chi connectivity index (χ1v) is 5.07. The van der Waals surface area contributed by atoms with Gasteiger partial charge in [0.2, 0.25) is 0 Å². The molecule has 0 aromatic carbocycles. The van der Waals surface area contributed by atoms with Gasteiger partial charge in [-0.3, -0.25) is 4.90 Å². The number of hydrogen-bond donors (Lipinski definition) is 0. The number of nitrogens with zero attached hydrogens (tertiary/aromatic N) is 1. The predicted octanol–water partition coefficient (Wildman–Crippen LogP) is 1.51. The summed E-state index contributed by atoms with van der Waals surface area (Å²) < 4.78 is 5.24. The van der Waals surface area contributed by atoms with Crippen LogP contribution in [0.5, 0.6) is 0 Å². The van der Waals surface area contributed by atoms with E-state index < -0.39 is 0 Å². The molecule has 0 aromatic rings. The highest BCUT2D eigenvalue weighted by Gasteiger charge is 2.49. The molecule has 2 heteroatoms. The van der Waals surface area contributed by atoms with Gasteiger partial charge in [0.15, 0.2) is 0 Å². The molecule has 2 rings (SSSR count). The maximum Gasteiger partial charge on any atom is 0.0569 e. The highest BCUT2D eigenvalue weighted by atomic mass is 16.5. The summed E-state index contributed by atoms with van der Waals surface area (Å²) in [6.45, 7) is 9.21. The van der Waals surface area contributed by atoms with Gasteiger partial charge in [-0.15, -0.1) is 0 Å². The predicted molar refractivity (Wildman–Crippen MR) is 49.2 cm³/mol. The van der Waals surface area contributed by atoms with Gasteiger partial charge in [0.05, 0.1) is 13.2 Å². The third-order valence-electron chi connectivity index (χ3n) is 3.22. The summed E-state index contributed by atoms with van der Waals surface area (Å²) in [5, 5.41) is 0. The van der Waals surface area contributed by atoms with Gasteiger partial charge in [0.25, 0.3) is 0 Å². The van der Waals surface area contributed by atoms with Crippen LogP contribution in [0, 0.1) is 5.41 Å². The summed E-state index contributed by atoms with van der Waals surface area (Å²) in [6.07, 6.45) is 2.65. The monoisotopic (exact) mass is 169 g/mol. The Hall–Kier alpha value is -0.0800. The highest BCUT2D eigenvalue weighted by Crippen LogP contribution is 2.38. The van der Waals surface area contributed by atoms with Crippen LogP contribution in [0.25, 0.3) is 0 Å². The topological polar surface area (TPSA) is 12.5 Å². The van der Waals surface area contributed by atoms with Crippen LogP contribution in [0.1, 0.15) is 26.7 Å².